The number of aromatic nitrogens is 2. The van der Waals surface area contributed by atoms with Crippen molar-refractivity contribution in [3.63, 3.8) is 0 Å². The fourth-order valence-corrected chi connectivity index (χ4v) is 4.05. The van der Waals surface area contributed by atoms with Crippen LogP contribution in [0.5, 0.6) is 0 Å². The molecule has 0 unspecified atom stereocenters. The van der Waals surface area contributed by atoms with Crippen LogP contribution in [0.1, 0.15) is 44.7 Å². The topological polar surface area (TPSA) is 61.0 Å². The SMILES string of the molecule is CCC/C=C(/C(C)=C1/NC(C)=C(c2ccc3[nH]cnc3c2)C(=O)N1C)c1ccccc1. The molecule has 0 saturated heterocycles. The zero-order valence-corrected chi connectivity index (χ0v) is 18.5. The van der Waals surface area contributed by atoms with Crippen molar-refractivity contribution in [3.05, 3.63) is 89.2 Å². The van der Waals surface area contributed by atoms with Gasteiger partial charge in [0.25, 0.3) is 5.91 Å². The van der Waals surface area contributed by atoms with E-state index in [1.165, 1.54) is 0 Å². The second-order valence-corrected chi connectivity index (χ2v) is 7.87. The van der Waals surface area contributed by atoms with E-state index in [2.05, 4.69) is 47.3 Å². The Bertz CT molecular complexity index is 1210. The van der Waals surface area contributed by atoms with E-state index in [0.717, 1.165) is 57.7 Å². The molecule has 0 radical (unpaired) electrons. The van der Waals surface area contributed by atoms with Crippen molar-refractivity contribution in [2.45, 2.75) is 33.6 Å². The van der Waals surface area contributed by atoms with E-state index in [-0.39, 0.29) is 5.91 Å². The summed E-state index contributed by atoms with van der Waals surface area (Å²) in [4.78, 5) is 22.6. The van der Waals surface area contributed by atoms with Gasteiger partial charge in [0.2, 0.25) is 0 Å². The van der Waals surface area contributed by atoms with E-state index in [9.17, 15) is 4.79 Å². The van der Waals surface area contributed by atoms with Crippen LogP contribution in [0, 0.1) is 0 Å². The number of hydrogen-bond acceptors (Lipinski definition) is 3. The molecule has 1 aromatic heterocycles. The molecule has 0 aliphatic carbocycles. The minimum absolute atomic E-state index is 0.0246. The fourth-order valence-electron chi connectivity index (χ4n) is 4.05. The number of carbonyl (C=O) groups is 1. The van der Waals surface area contributed by atoms with Crippen LogP contribution < -0.4 is 5.32 Å². The molecular weight excluding hydrogens is 384 g/mol. The van der Waals surface area contributed by atoms with Gasteiger partial charge in [0.15, 0.2) is 0 Å². The molecule has 3 aromatic rings. The number of nitrogens with zero attached hydrogens (tertiary/aromatic N) is 2. The first-order valence-electron chi connectivity index (χ1n) is 10.7. The lowest BCUT2D eigenvalue weighted by Crippen LogP contribution is -2.40. The summed E-state index contributed by atoms with van der Waals surface area (Å²) in [5.74, 6) is 0.793. The van der Waals surface area contributed by atoms with Crippen LogP contribution in [0.2, 0.25) is 0 Å². The number of nitrogens with one attached hydrogen (secondary N) is 2. The third-order valence-electron chi connectivity index (χ3n) is 5.73. The maximum Gasteiger partial charge on any atom is 0.261 e. The van der Waals surface area contributed by atoms with Gasteiger partial charge >= 0.3 is 0 Å². The van der Waals surface area contributed by atoms with Crippen LogP contribution in [0.15, 0.2) is 78.0 Å². The van der Waals surface area contributed by atoms with E-state index in [4.69, 9.17) is 0 Å². The van der Waals surface area contributed by atoms with Gasteiger partial charge in [-0.1, -0.05) is 55.8 Å². The molecule has 158 valence electrons. The van der Waals surface area contributed by atoms with Gasteiger partial charge in [-0.25, -0.2) is 4.98 Å². The van der Waals surface area contributed by atoms with Crippen LogP contribution >= 0.6 is 0 Å². The molecule has 2 heterocycles. The Balaban J connectivity index is 1.78. The summed E-state index contributed by atoms with van der Waals surface area (Å²) in [5.41, 5.74) is 7.53. The van der Waals surface area contributed by atoms with Gasteiger partial charge < -0.3 is 10.3 Å². The summed E-state index contributed by atoms with van der Waals surface area (Å²) < 4.78 is 0. The van der Waals surface area contributed by atoms with Gasteiger partial charge in [0, 0.05) is 12.7 Å². The van der Waals surface area contributed by atoms with E-state index in [1.807, 2.05) is 50.4 Å². The minimum atomic E-state index is -0.0246. The van der Waals surface area contributed by atoms with E-state index in [1.54, 1.807) is 11.2 Å². The number of unbranched alkanes of at least 4 members (excludes halogenated alkanes) is 1. The van der Waals surface area contributed by atoms with Gasteiger partial charge in [-0.2, -0.15) is 0 Å². The lowest BCUT2D eigenvalue weighted by molar-refractivity contribution is -0.122. The molecular formula is C26H28N4O. The highest BCUT2D eigenvalue weighted by Crippen LogP contribution is 2.32. The Morgan fingerprint density at radius 3 is 2.68 bits per heavy atom. The molecule has 1 amide bonds. The zero-order chi connectivity index (χ0) is 22.0. The first kappa shape index (κ1) is 20.7. The Morgan fingerprint density at radius 1 is 1.16 bits per heavy atom. The predicted octanol–water partition coefficient (Wildman–Crippen LogP) is 5.47. The molecule has 2 N–H and O–H groups in total. The Kier molecular flexibility index (Phi) is 5.76. The molecule has 2 aromatic carbocycles. The second kappa shape index (κ2) is 8.64. The summed E-state index contributed by atoms with van der Waals surface area (Å²) in [5, 5.41) is 3.51. The summed E-state index contributed by atoms with van der Waals surface area (Å²) in [6.45, 7) is 6.21. The number of likely N-dealkylation sites (N-methyl/N-ethyl adjacent to an activating group) is 1. The molecule has 0 bridgehead atoms. The second-order valence-electron chi connectivity index (χ2n) is 7.87. The summed E-state index contributed by atoms with van der Waals surface area (Å²) >= 11 is 0. The van der Waals surface area contributed by atoms with Crippen molar-refractivity contribution in [2.75, 3.05) is 7.05 Å². The number of carbonyl (C=O) groups excluding carboxylic acids is 1. The molecule has 0 fully saturated rings. The van der Waals surface area contributed by atoms with E-state index >= 15 is 0 Å². The van der Waals surface area contributed by atoms with Crippen LogP contribution in [-0.2, 0) is 4.79 Å². The highest BCUT2D eigenvalue weighted by molar-refractivity contribution is 6.22. The Hall–Kier alpha value is -3.60. The third kappa shape index (κ3) is 3.91. The molecule has 1 aliphatic heterocycles. The van der Waals surface area contributed by atoms with E-state index < -0.39 is 0 Å². The van der Waals surface area contributed by atoms with Crippen LogP contribution in [-0.4, -0.2) is 27.8 Å². The number of rotatable bonds is 5. The van der Waals surface area contributed by atoms with Crippen molar-refractivity contribution in [3.8, 4) is 0 Å². The number of allylic oxidation sites excluding steroid dienone is 4. The average molecular weight is 413 g/mol. The van der Waals surface area contributed by atoms with Crippen molar-refractivity contribution in [2.24, 2.45) is 0 Å². The van der Waals surface area contributed by atoms with Gasteiger partial charge in [-0.3, -0.25) is 9.69 Å². The number of amides is 1. The minimum Gasteiger partial charge on any atom is -0.345 e. The lowest BCUT2D eigenvalue weighted by Gasteiger charge is -2.32. The molecule has 0 atom stereocenters. The zero-order valence-electron chi connectivity index (χ0n) is 18.5. The summed E-state index contributed by atoms with van der Waals surface area (Å²) in [7, 11) is 1.83. The summed E-state index contributed by atoms with van der Waals surface area (Å²) in [6.07, 6.45) is 5.98. The third-order valence-corrected chi connectivity index (χ3v) is 5.73. The lowest BCUT2D eigenvalue weighted by atomic mass is 9.95. The molecule has 0 spiro atoms. The number of hydrogen-bond donors (Lipinski definition) is 2. The number of H-pyrrole nitrogens is 1. The normalized spacial score (nSPS) is 16.7. The number of fused-ring (bicyclic) bond motifs is 1. The fraction of sp³-hybridized carbons (Fsp3) is 0.231. The van der Waals surface area contributed by atoms with Gasteiger partial charge in [0.05, 0.1) is 22.9 Å². The molecule has 5 nitrogen and oxygen atoms in total. The highest BCUT2D eigenvalue weighted by Gasteiger charge is 2.29. The maximum absolute atomic E-state index is 13.4. The van der Waals surface area contributed by atoms with Gasteiger partial charge in [-0.05, 0) is 54.7 Å². The quantitative estimate of drug-likeness (QED) is 0.584. The molecule has 5 heteroatoms. The summed E-state index contributed by atoms with van der Waals surface area (Å²) in [6, 6.07) is 16.2. The maximum atomic E-state index is 13.4. The first-order valence-corrected chi connectivity index (χ1v) is 10.7. The number of benzene rings is 2. The van der Waals surface area contributed by atoms with Crippen molar-refractivity contribution in [1.82, 2.24) is 20.2 Å². The van der Waals surface area contributed by atoms with Crippen molar-refractivity contribution in [1.29, 1.82) is 0 Å². The Morgan fingerprint density at radius 2 is 1.94 bits per heavy atom. The smallest absolute Gasteiger partial charge is 0.261 e. The predicted molar refractivity (Wildman–Crippen MR) is 127 cm³/mol. The van der Waals surface area contributed by atoms with Crippen molar-refractivity contribution < 1.29 is 4.79 Å². The largest absolute Gasteiger partial charge is 0.345 e. The molecule has 4 rings (SSSR count). The highest BCUT2D eigenvalue weighted by atomic mass is 16.2. The molecule has 0 saturated carbocycles. The van der Waals surface area contributed by atoms with Gasteiger partial charge in [0.1, 0.15) is 5.82 Å². The first-order chi connectivity index (χ1) is 15.0. The monoisotopic (exact) mass is 412 g/mol. The standard InChI is InChI=1S/C26H28N4O/c1-5-6-12-21(19-10-8-7-9-11-19)17(2)25-29-18(3)24(26(31)30(25)4)20-13-14-22-23(15-20)28-16-27-22/h7-16,29H,5-6H2,1-4H3,(H,27,28)/b21-12-,25-17-. The molecule has 31 heavy (non-hydrogen) atoms. The number of aromatic amines is 1. The Labute approximate surface area is 183 Å². The van der Waals surface area contributed by atoms with Crippen LogP contribution in [0.25, 0.3) is 22.2 Å². The van der Waals surface area contributed by atoms with E-state index in [0.29, 0.717) is 5.57 Å². The number of imidazole rings is 1. The molecule has 1 aliphatic rings. The van der Waals surface area contributed by atoms with Crippen LogP contribution in [0.3, 0.4) is 0 Å². The van der Waals surface area contributed by atoms with Gasteiger partial charge in [-0.15, -0.1) is 0 Å². The van der Waals surface area contributed by atoms with Crippen LogP contribution in [0.4, 0.5) is 0 Å². The average Bonchev–Trinajstić information content (AvgIpc) is 3.25. The van der Waals surface area contributed by atoms with Crippen molar-refractivity contribution >= 4 is 28.1 Å².